The van der Waals surface area contributed by atoms with Crippen molar-refractivity contribution in [3.63, 3.8) is 0 Å². The Morgan fingerprint density at radius 1 is 1.37 bits per heavy atom. The first-order valence-corrected chi connectivity index (χ1v) is 6.32. The Bertz CT molecular complexity index is 568. The molecule has 0 saturated heterocycles. The summed E-state index contributed by atoms with van der Waals surface area (Å²) >= 11 is 1.35. The Balaban J connectivity index is 2.17. The van der Waals surface area contributed by atoms with Crippen LogP contribution in [-0.2, 0) is 4.79 Å². The van der Waals surface area contributed by atoms with Gasteiger partial charge in [0.2, 0.25) is 5.13 Å². The first kappa shape index (κ1) is 13.3. The van der Waals surface area contributed by atoms with Gasteiger partial charge in [0, 0.05) is 12.6 Å². The average Bonchev–Trinajstić information content (AvgIpc) is 2.88. The van der Waals surface area contributed by atoms with Crippen molar-refractivity contribution in [3.8, 4) is 16.3 Å². The number of hydrogen-bond donors (Lipinski definition) is 1. The van der Waals surface area contributed by atoms with E-state index in [2.05, 4.69) is 10.2 Å². The van der Waals surface area contributed by atoms with Gasteiger partial charge in [-0.05, 0) is 24.3 Å². The van der Waals surface area contributed by atoms with E-state index in [9.17, 15) is 4.79 Å². The molecule has 6 nitrogen and oxygen atoms in total. The third-order valence-electron chi connectivity index (χ3n) is 2.45. The minimum absolute atomic E-state index is 0.1000. The number of carbonyl (C=O) groups is 1. The maximum absolute atomic E-state index is 10.6. The van der Waals surface area contributed by atoms with Crippen LogP contribution in [0.3, 0.4) is 0 Å². The van der Waals surface area contributed by atoms with Gasteiger partial charge >= 0.3 is 5.97 Å². The number of rotatable bonds is 5. The van der Waals surface area contributed by atoms with Gasteiger partial charge in [-0.3, -0.25) is 4.79 Å². The summed E-state index contributed by atoms with van der Waals surface area (Å²) in [5.41, 5.74) is 0.924. The van der Waals surface area contributed by atoms with Crippen molar-refractivity contribution in [3.05, 3.63) is 24.3 Å². The van der Waals surface area contributed by atoms with Gasteiger partial charge in [-0.25, -0.2) is 0 Å². The van der Waals surface area contributed by atoms with E-state index < -0.39 is 5.97 Å². The summed E-state index contributed by atoms with van der Waals surface area (Å²) in [6.45, 7) is -0.1000. The Morgan fingerprint density at radius 3 is 2.63 bits per heavy atom. The molecule has 0 bridgehead atoms. The topological polar surface area (TPSA) is 75.6 Å². The molecule has 2 rings (SSSR count). The number of aliphatic carboxylic acids is 1. The summed E-state index contributed by atoms with van der Waals surface area (Å²) in [7, 11) is 3.28. The Labute approximate surface area is 114 Å². The van der Waals surface area contributed by atoms with Crippen LogP contribution in [0.5, 0.6) is 5.75 Å². The standard InChI is InChI=1S/C12H13N3O3S/c1-15(7-10(16)17)12-14-13-11(19-12)8-3-5-9(18-2)6-4-8/h3-6H,7H2,1-2H3,(H,16,17). The van der Waals surface area contributed by atoms with Crippen LogP contribution in [0.2, 0.25) is 0 Å². The van der Waals surface area contributed by atoms with E-state index in [1.165, 1.54) is 11.3 Å². The molecule has 0 aliphatic rings. The molecule has 7 heteroatoms. The van der Waals surface area contributed by atoms with Gasteiger partial charge < -0.3 is 14.7 Å². The monoisotopic (exact) mass is 279 g/mol. The van der Waals surface area contributed by atoms with E-state index in [-0.39, 0.29) is 6.54 Å². The predicted molar refractivity (Wildman–Crippen MR) is 72.8 cm³/mol. The molecule has 0 unspecified atom stereocenters. The van der Waals surface area contributed by atoms with E-state index in [4.69, 9.17) is 9.84 Å². The van der Waals surface area contributed by atoms with Gasteiger partial charge in [0.25, 0.3) is 0 Å². The third kappa shape index (κ3) is 3.19. The molecule has 0 aliphatic carbocycles. The Morgan fingerprint density at radius 2 is 2.05 bits per heavy atom. The predicted octanol–water partition coefficient (Wildman–Crippen LogP) is 1.73. The van der Waals surface area contributed by atoms with Gasteiger partial charge in [-0.2, -0.15) is 0 Å². The highest BCUT2D eigenvalue weighted by Gasteiger charge is 2.12. The second-order valence-corrected chi connectivity index (χ2v) is 4.82. The van der Waals surface area contributed by atoms with Crippen molar-refractivity contribution in [1.82, 2.24) is 10.2 Å². The quantitative estimate of drug-likeness (QED) is 0.898. The van der Waals surface area contributed by atoms with Crippen molar-refractivity contribution in [2.24, 2.45) is 0 Å². The molecule has 19 heavy (non-hydrogen) atoms. The van der Waals surface area contributed by atoms with Gasteiger partial charge in [-0.15, -0.1) is 10.2 Å². The van der Waals surface area contributed by atoms with Crippen LogP contribution < -0.4 is 9.64 Å². The average molecular weight is 279 g/mol. The van der Waals surface area contributed by atoms with E-state index in [1.807, 2.05) is 24.3 Å². The molecule has 1 heterocycles. The molecule has 0 amide bonds. The summed E-state index contributed by atoms with van der Waals surface area (Å²) in [4.78, 5) is 12.2. The van der Waals surface area contributed by atoms with Crippen LogP contribution >= 0.6 is 11.3 Å². The molecule has 0 atom stereocenters. The molecule has 2 aromatic rings. The van der Waals surface area contributed by atoms with Crippen LogP contribution in [-0.4, -0.2) is 42.0 Å². The molecule has 0 saturated carbocycles. The minimum atomic E-state index is -0.899. The summed E-state index contributed by atoms with van der Waals surface area (Å²) in [5, 5.41) is 18.1. The minimum Gasteiger partial charge on any atom is -0.497 e. The summed E-state index contributed by atoms with van der Waals surface area (Å²) in [6, 6.07) is 7.47. The number of ether oxygens (including phenoxy) is 1. The second kappa shape index (κ2) is 5.66. The van der Waals surface area contributed by atoms with Crippen molar-refractivity contribution >= 4 is 22.4 Å². The van der Waals surface area contributed by atoms with Gasteiger partial charge in [-0.1, -0.05) is 11.3 Å². The van der Waals surface area contributed by atoms with Crippen molar-refractivity contribution in [1.29, 1.82) is 0 Å². The molecular weight excluding hydrogens is 266 g/mol. The number of carboxylic acid groups (broad SMARTS) is 1. The largest absolute Gasteiger partial charge is 0.497 e. The normalized spacial score (nSPS) is 10.2. The Kier molecular flexibility index (Phi) is 3.96. The fraction of sp³-hybridized carbons (Fsp3) is 0.250. The van der Waals surface area contributed by atoms with E-state index in [0.29, 0.717) is 5.13 Å². The molecule has 0 fully saturated rings. The first-order chi connectivity index (χ1) is 9.10. The highest BCUT2D eigenvalue weighted by molar-refractivity contribution is 7.18. The van der Waals surface area contributed by atoms with Crippen molar-refractivity contribution in [2.45, 2.75) is 0 Å². The van der Waals surface area contributed by atoms with Crippen LogP contribution in [0.25, 0.3) is 10.6 Å². The third-order valence-corrected chi connectivity index (χ3v) is 3.54. The number of anilines is 1. The number of benzene rings is 1. The number of nitrogens with zero attached hydrogens (tertiary/aromatic N) is 3. The zero-order valence-electron chi connectivity index (χ0n) is 10.5. The highest BCUT2D eigenvalue weighted by Crippen LogP contribution is 2.29. The number of hydrogen-bond acceptors (Lipinski definition) is 6. The lowest BCUT2D eigenvalue weighted by molar-refractivity contribution is -0.135. The smallest absolute Gasteiger partial charge is 0.323 e. The van der Waals surface area contributed by atoms with Crippen LogP contribution in [0.15, 0.2) is 24.3 Å². The maximum Gasteiger partial charge on any atom is 0.323 e. The van der Waals surface area contributed by atoms with Crippen LogP contribution in [0.4, 0.5) is 5.13 Å². The molecule has 1 aromatic heterocycles. The first-order valence-electron chi connectivity index (χ1n) is 5.51. The fourth-order valence-electron chi connectivity index (χ4n) is 1.49. The highest BCUT2D eigenvalue weighted by atomic mass is 32.1. The number of aromatic nitrogens is 2. The lowest BCUT2D eigenvalue weighted by atomic mass is 10.2. The van der Waals surface area contributed by atoms with Crippen molar-refractivity contribution < 1.29 is 14.6 Å². The summed E-state index contributed by atoms with van der Waals surface area (Å²) < 4.78 is 5.09. The zero-order chi connectivity index (χ0) is 13.8. The number of likely N-dealkylation sites (N-methyl/N-ethyl adjacent to an activating group) is 1. The Hall–Kier alpha value is -2.15. The maximum atomic E-state index is 10.6. The van der Waals surface area contributed by atoms with Crippen LogP contribution in [0, 0.1) is 0 Å². The molecule has 1 aromatic carbocycles. The molecular formula is C12H13N3O3S. The number of methoxy groups -OCH3 is 1. The fourth-order valence-corrected chi connectivity index (χ4v) is 2.30. The van der Waals surface area contributed by atoms with Gasteiger partial charge in [0.05, 0.1) is 7.11 Å². The number of carboxylic acids is 1. The van der Waals surface area contributed by atoms with E-state index in [1.54, 1.807) is 19.1 Å². The lowest BCUT2D eigenvalue weighted by Crippen LogP contribution is -2.24. The summed E-state index contributed by atoms with van der Waals surface area (Å²) in [5.74, 6) is -0.125. The van der Waals surface area contributed by atoms with E-state index >= 15 is 0 Å². The molecule has 0 aliphatic heterocycles. The zero-order valence-corrected chi connectivity index (χ0v) is 11.3. The molecule has 100 valence electrons. The molecule has 0 radical (unpaired) electrons. The van der Waals surface area contributed by atoms with Gasteiger partial charge in [0.15, 0.2) is 0 Å². The van der Waals surface area contributed by atoms with E-state index in [0.717, 1.165) is 16.3 Å². The molecule has 0 spiro atoms. The molecule has 1 N–H and O–H groups in total. The van der Waals surface area contributed by atoms with Crippen molar-refractivity contribution in [2.75, 3.05) is 25.6 Å². The summed E-state index contributed by atoms with van der Waals surface area (Å²) in [6.07, 6.45) is 0. The second-order valence-electron chi connectivity index (χ2n) is 3.87. The SMILES string of the molecule is COc1ccc(-c2nnc(N(C)CC(=O)O)s2)cc1. The van der Waals surface area contributed by atoms with Crippen LogP contribution in [0.1, 0.15) is 0 Å². The van der Waals surface area contributed by atoms with Gasteiger partial charge in [0.1, 0.15) is 17.3 Å². The lowest BCUT2D eigenvalue weighted by Gasteiger charge is -2.10.